The van der Waals surface area contributed by atoms with Crippen molar-refractivity contribution in [1.29, 1.82) is 0 Å². The Kier molecular flexibility index (Phi) is 7.51. The van der Waals surface area contributed by atoms with Crippen LogP contribution < -0.4 is 16.0 Å². The maximum absolute atomic E-state index is 14.0. The molecule has 2 amide bonds. The molecule has 1 aromatic rings. The summed E-state index contributed by atoms with van der Waals surface area (Å²) in [7, 11) is 0. The van der Waals surface area contributed by atoms with Crippen LogP contribution in [0.25, 0.3) is 0 Å². The number of ether oxygens (including phenoxy) is 2. The van der Waals surface area contributed by atoms with Crippen LogP contribution in [-0.2, 0) is 19.1 Å². The number of anilines is 2. The van der Waals surface area contributed by atoms with Crippen LogP contribution in [0.1, 0.15) is 34.6 Å². The maximum Gasteiger partial charge on any atom is 0.287 e. The summed E-state index contributed by atoms with van der Waals surface area (Å²) in [5.41, 5.74) is -1.37. The van der Waals surface area contributed by atoms with Gasteiger partial charge in [0.15, 0.2) is 10.9 Å². The normalized spacial score (nSPS) is 18.6. The number of amides is 2. The molecule has 1 atom stereocenters. The second-order valence-electron chi connectivity index (χ2n) is 5.92. The molecule has 2 rings (SSSR count). The van der Waals surface area contributed by atoms with Gasteiger partial charge in [0.1, 0.15) is 16.5 Å². The molecule has 0 fully saturated rings. The van der Waals surface area contributed by atoms with Gasteiger partial charge in [-0.15, -0.1) is 0 Å². The van der Waals surface area contributed by atoms with Crippen LogP contribution in [0.4, 0.5) is 16.0 Å². The first kappa shape index (κ1) is 22.6. The van der Waals surface area contributed by atoms with Crippen molar-refractivity contribution in [3.05, 3.63) is 16.9 Å². The zero-order chi connectivity index (χ0) is 21.6. The molecule has 0 bridgehead atoms. The molecule has 1 aliphatic heterocycles. The number of nitrogens with zero attached hydrogens (tertiary/aromatic N) is 3. The van der Waals surface area contributed by atoms with Crippen molar-refractivity contribution >= 4 is 41.3 Å². The van der Waals surface area contributed by atoms with Crippen molar-refractivity contribution in [2.24, 2.45) is 4.99 Å². The second-order valence-corrected chi connectivity index (χ2v) is 6.90. The minimum atomic E-state index is -1.37. The van der Waals surface area contributed by atoms with Crippen LogP contribution in [-0.4, -0.2) is 46.8 Å². The third-order valence-corrected chi connectivity index (χ3v) is 4.51. The van der Waals surface area contributed by atoms with Gasteiger partial charge < -0.3 is 20.1 Å². The topological polar surface area (TPSA) is 127 Å². The Labute approximate surface area is 171 Å². The number of thioether (sulfide) groups is 1. The first-order valence-electron chi connectivity index (χ1n) is 8.82. The van der Waals surface area contributed by atoms with Gasteiger partial charge >= 0.3 is 0 Å². The summed E-state index contributed by atoms with van der Waals surface area (Å²) in [4.78, 5) is 35.7. The fourth-order valence-corrected chi connectivity index (χ4v) is 3.41. The molecule has 12 heteroatoms. The van der Waals surface area contributed by atoms with Crippen molar-refractivity contribution < 1.29 is 23.5 Å². The highest BCUT2D eigenvalue weighted by atomic mass is 32.2. The molecule has 1 unspecified atom stereocenters. The van der Waals surface area contributed by atoms with Crippen LogP contribution >= 0.6 is 11.8 Å². The highest BCUT2D eigenvalue weighted by Crippen LogP contribution is 2.40. The van der Waals surface area contributed by atoms with E-state index in [0.717, 1.165) is 11.8 Å². The largest absolute Gasteiger partial charge is 0.478 e. The van der Waals surface area contributed by atoms with Crippen LogP contribution in [0.15, 0.2) is 27.0 Å². The summed E-state index contributed by atoms with van der Waals surface area (Å²) in [6, 6.07) is 1.42. The van der Waals surface area contributed by atoms with Gasteiger partial charge in [-0.1, -0.05) is 0 Å². The molecule has 0 saturated heterocycles. The van der Waals surface area contributed by atoms with Crippen molar-refractivity contribution in [2.45, 2.75) is 45.5 Å². The van der Waals surface area contributed by atoms with E-state index in [1.54, 1.807) is 20.8 Å². The molecule has 1 aliphatic rings. The van der Waals surface area contributed by atoms with E-state index >= 15 is 0 Å². The van der Waals surface area contributed by atoms with Crippen molar-refractivity contribution in [3.63, 3.8) is 0 Å². The molecule has 10 nitrogen and oxygen atoms in total. The fraction of sp³-hybridized carbons (Fsp3) is 0.471. The Morgan fingerprint density at radius 3 is 2.24 bits per heavy atom. The van der Waals surface area contributed by atoms with Crippen molar-refractivity contribution in [1.82, 2.24) is 15.3 Å². The predicted molar refractivity (Wildman–Crippen MR) is 107 cm³/mol. The molecule has 1 aromatic heterocycles. The Bertz CT molecular complexity index is 828. The molecule has 0 radical (unpaired) electrons. The zero-order valence-corrected chi connectivity index (χ0v) is 17.6. The van der Waals surface area contributed by atoms with Crippen LogP contribution in [0.5, 0.6) is 0 Å². The number of carbonyl (C=O) groups is 2. The van der Waals surface area contributed by atoms with Gasteiger partial charge in [0.05, 0.1) is 6.61 Å². The summed E-state index contributed by atoms with van der Waals surface area (Å²) in [6.07, 6.45) is -0.847. The molecule has 29 heavy (non-hydrogen) atoms. The van der Waals surface area contributed by atoms with E-state index in [2.05, 4.69) is 30.9 Å². The summed E-state index contributed by atoms with van der Waals surface area (Å²) < 4.78 is 25.2. The molecule has 3 N–H and O–H groups in total. The third kappa shape index (κ3) is 6.12. The number of hydrogen-bond acceptors (Lipinski definition) is 9. The lowest BCUT2D eigenvalue weighted by molar-refractivity contribution is -0.115. The van der Waals surface area contributed by atoms with Gasteiger partial charge in [-0.25, -0.2) is 15.0 Å². The number of rotatable bonds is 8. The zero-order valence-electron chi connectivity index (χ0n) is 16.8. The van der Waals surface area contributed by atoms with E-state index < -0.39 is 11.8 Å². The standard InChI is InChI=1S/C17H23FN6O4S/c1-6-27-14-13(17(5,28-7-2)24-15(18)23-14)29-16-21-11(19-9(3)25)8-12(22-16)20-10(4)26/h8H,6-7H2,1-5H3,(H,23,24)(H2,19,20,21,22,25,26). The van der Waals surface area contributed by atoms with Gasteiger partial charge in [-0.2, -0.15) is 4.39 Å². The lowest BCUT2D eigenvalue weighted by Crippen LogP contribution is -2.40. The summed E-state index contributed by atoms with van der Waals surface area (Å²) in [5.74, 6) is -0.182. The molecular weight excluding hydrogens is 403 g/mol. The average molecular weight is 426 g/mol. The highest BCUT2D eigenvalue weighted by molar-refractivity contribution is 8.03. The summed E-state index contributed by atoms with van der Waals surface area (Å²) >= 11 is 1.01. The van der Waals surface area contributed by atoms with Crippen molar-refractivity contribution in [3.8, 4) is 0 Å². The predicted octanol–water partition coefficient (Wildman–Crippen LogP) is 2.37. The van der Waals surface area contributed by atoms with E-state index in [4.69, 9.17) is 9.47 Å². The van der Waals surface area contributed by atoms with Gasteiger partial charge in [0.2, 0.25) is 17.7 Å². The first-order chi connectivity index (χ1) is 13.7. The molecule has 158 valence electrons. The lowest BCUT2D eigenvalue weighted by atomic mass is 10.2. The first-order valence-corrected chi connectivity index (χ1v) is 9.64. The molecule has 0 aromatic carbocycles. The van der Waals surface area contributed by atoms with Gasteiger partial charge in [0.25, 0.3) is 6.09 Å². The number of hydrogen-bond donors (Lipinski definition) is 3. The van der Waals surface area contributed by atoms with Crippen LogP contribution in [0.2, 0.25) is 0 Å². The summed E-state index contributed by atoms with van der Waals surface area (Å²) in [6.45, 7) is 8.29. The molecule has 0 aliphatic carbocycles. The minimum Gasteiger partial charge on any atom is -0.478 e. The SMILES string of the molecule is CCOC1=C(Sc2nc(NC(C)=O)cc(NC(C)=O)n2)C(C)(OCC)N=C(F)N1. The average Bonchev–Trinajstić information content (AvgIpc) is 2.57. The van der Waals surface area contributed by atoms with Gasteiger partial charge in [-0.3, -0.25) is 14.9 Å². The Hall–Kier alpha value is -2.73. The van der Waals surface area contributed by atoms with E-state index in [9.17, 15) is 14.0 Å². The number of carbonyl (C=O) groups excluding carboxylic acids is 2. The summed E-state index contributed by atoms with van der Waals surface area (Å²) in [5, 5.41) is 7.70. The van der Waals surface area contributed by atoms with Gasteiger partial charge in [0, 0.05) is 26.5 Å². The Balaban J connectivity index is 2.50. The lowest BCUT2D eigenvalue weighted by Gasteiger charge is -2.32. The van der Waals surface area contributed by atoms with E-state index in [0.29, 0.717) is 4.91 Å². The van der Waals surface area contributed by atoms with Crippen LogP contribution in [0, 0.1) is 0 Å². The Morgan fingerprint density at radius 2 is 1.76 bits per heavy atom. The highest BCUT2D eigenvalue weighted by Gasteiger charge is 2.39. The molecular formula is C17H23FN6O4S. The number of nitrogens with one attached hydrogen (secondary N) is 3. The second kappa shape index (κ2) is 9.65. The number of halogens is 1. The number of aromatic nitrogens is 2. The maximum atomic E-state index is 14.0. The van der Waals surface area contributed by atoms with Crippen molar-refractivity contribution in [2.75, 3.05) is 23.8 Å². The quantitative estimate of drug-likeness (QED) is 0.427. The van der Waals surface area contributed by atoms with E-state index in [1.165, 1.54) is 19.9 Å². The smallest absolute Gasteiger partial charge is 0.287 e. The molecule has 2 heterocycles. The minimum absolute atomic E-state index is 0.121. The monoisotopic (exact) mass is 426 g/mol. The number of aliphatic imine (C=N–C) groups is 1. The molecule has 0 spiro atoms. The van der Waals surface area contributed by atoms with E-state index in [1.807, 2.05) is 0 Å². The van der Waals surface area contributed by atoms with Crippen LogP contribution in [0.3, 0.4) is 0 Å². The Morgan fingerprint density at radius 1 is 1.17 bits per heavy atom. The van der Waals surface area contributed by atoms with Gasteiger partial charge in [-0.05, 0) is 32.5 Å². The molecule has 0 saturated carbocycles. The fourth-order valence-electron chi connectivity index (χ4n) is 2.44. The van der Waals surface area contributed by atoms with E-state index in [-0.39, 0.29) is 47.7 Å². The number of amidine groups is 1. The third-order valence-electron chi connectivity index (χ3n) is 3.38.